The average Bonchev–Trinajstić information content (AvgIpc) is 3.72. The van der Waals surface area contributed by atoms with Gasteiger partial charge in [-0.1, -0.05) is 23.4 Å². The van der Waals surface area contributed by atoms with Gasteiger partial charge in [0.1, 0.15) is 41.8 Å². The Hall–Kier alpha value is -3.55. The maximum Gasteiger partial charge on any atom is 0.291 e. The van der Waals surface area contributed by atoms with Crippen LogP contribution in [0.15, 0.2) is 59.8 Å². The van der Waals surface area contributed by atoms with Gasteiger partial charge in [0.15, 0.2) is 17.8 Å². The number of methoxy groups -OCH3 is 1. The molecular formula is C30H33N3O9. The zero-order valence-corrected chi connectivity index (χ0v) is 24.0. The number of hydrazine groups is 1. The second kappa shape index (κ2) is 9.75. The highest BCUT2D eigenvalue weighted by atomic mass is 16.8. The number of rotatable bonds is 5. The standard InChI is InChI=1S/C30H33N3O9/c1-29(2)37-15-19(39-29)22-24-25(41-30(3,4)40-24)28(38-22)33-26(34)20-21(16-11-13-18(36-5)14-12-16)31-42-23(20)27(35)32(33)17-9-7-6-8-10-17/h6-14,19-20,22-25,28H,15H2,1-5H3/t19-,20-,22+,23+,24-,25-,28-/m0/s1. The van der Waals surface area contributed by atoms with Crippen LogP contribution in [0.25, 0.3) is 0 Å². The third-order valence-electron chi connectivity index (χ3n) is 8.11. The normalized spacial score (nSPS) is 34.7. The van der Waals surface area contributed by atoms with E-state index in [1.54, 1.807) is 55.6 Å². The zero-order valence-electron chi connectivity index (χ0n) is 24.0. The van der Waals surface area contributed by atoms with Gasteiger partial charge < -0.3 is 33.3 Å². The third-order valence-corrected chi connectivity index (χ3v) is 8.11. The number of oxime groups is 1. The number of ether oxygens (including phenoxy) is 6. The minimum atomic E-state index is -1.15. The lowest BCUT2D eigenvalue weighted by atomic mass is 9.88. The fourth-order valence-electron chi connectivity index (χ4n) is 6.31. The molecule has 7 rings (SSSR count). The highest BCUT2D eigenvalue weighted by Gasteiger charge is 2.65. The lowest BCUT2D eigenvalue weighted by molar-refractivity contribution is -0.226. The molecule has 12 nitrogen and oxygen atoms in total. The Balaban J connectivity index is 1.29. The maximum atomic E-state index is 14.6. The van der Waals surface area contributed by atoms with E-state index in [0.717, 1.165) is 0 Å². The number of hydrogen-bond acceptors (Lipinski definition) is 10. The van der Waals surface area contributed by atoms with Gasteiger partial charge in [-0.25, -0.2) is 10.0 Å². The highest BCUT2D eigenvalue weighted by molar-refractivity contribution is 6.20. The summed E-state index contributed by atoms with van der Waals surface area (Å²) >= 11 is 0. The van der Waals surface area contributed by atoms with Gasteiger partial charge in [-0.05, 0) is 64.1 Å². The van der Waals surface area contributed by atoms with Gasteiger partial charge in [-0.2, -0.15) is 0 Å². The number of fused-ring (bicyclic) bond motifs is 2. The molecule has 0 spiro atoms. The summed E-state index contributed by atoms with van der Waals surface area (Å²) in [7, 11) is 1.57. The molecule has 2 aromatic carbocycles. The molecule has 4 fully saturated rings. The van der Waals surface area contributed by atoms with Gasteiger partial charge in [0.25, 0.3) is 11.8 Å². The van der Waals surface area contributed by atoms with Crippen molar-refractivity contribution in [1.29, 1.82) is 0 Å². The topological polar surface area (TPSA) is 118 Å². The number of hydrogen-bond donors (Lipinski definition) is 0. The van der Waals surface area contributed by atoms with Crippen LogP contribution < -0.4 is 9.75 Å². The summed E-state index contributed by atoms with van der Waals surface area (Å²) < 4.78 is 36.5. The van der Waals surface area contributed by atoms with E-state index < -0.39 is 66.1 Å². The molecule has 0 saturated carbocycles. The van der Waals surface area contributed by atoms with Crippen molar-refractivity contribution < 1.29 is 42.8 Å². The largest absolute Gasteiger partial charge is 0.497 e. The van der Waals surface area contributed by atoms with Crippen LogP contribution in [-0.4, -0.2) is 84.6 Å². The summed E-state index contributed by atoms with van der Waals surface area (Å²) in [6, 6.07) is 16.0. The first-order valence-corrected chi connectivity index (χ1v) is 14.0. The Morgan fingerprint density at radius 2 is 1.57 bits per heavy atom. The van der Waals surface area contributed by atoms with Crippen LogP contribution in [0.3, 0.4) is 0 Å². The first kappa shape index (κ1) is 27.3. The van der Waals surface area contributed by atoms with Crippen LogP contribution in [-0.2, 0) is 38.1 Å². The number of para-hydroxylation sites is 1. The van der Waals surface area contributed by atoms with Gasteiger partial charge in [0, 0.05) is 5.56 Å². The SMILES string of the molecule is COc1ccc(C2=NO[C@H]3C(=O)N(c4ccccc4)N([C@H]4O[C@H]([C@@H]5COC(C)(C)O5)[C@@H]5OC(C)(C)O[C@@H]54)C(=O)[C@@H]23)cc1. The number of benzene rings is 2. The molecule has 0 bridgehead atoms. The lowest BCUT2D eigenvalue weighted by Crippen LogP contribution is -2.68. The Morgan fingerprint density at radius 1 is 0.857 bits per heavy atom. The second-order valence-corrected chi connectivity index (χ2v) is 11.8. The van der Waals surface area contributed by atoms with Crippen molar-refractivity contribution in [3.63, 3.8) is 0 Å². The van der Waals surface area contributed by atoms with Crippen LogP contribution >= 0.6 is 0 Å². The molecule has 2 aromatic rings. The summed E-state index contributed by atoms with van der Waals surface area (Å²) in [6.07, 6.45) is -4.58. The highest BCUT2D eigenvalue weighted by Crippen LogP contribution is 2.46. The number of nitrogens with zero attached hydrogens (tertiary/aromatic N) is 3. The van der Waals surface area contributed by atoms with Gasteiger partial charge in [0.05, 0.1) is 19.4 Å². The summed E-state index contributed by atoms with van der Waals surface area (Å²) in [5.41, 5.74) is 1.46. The van der Waals surface area contributed by atoms with Gasteiger partial charge in [-0.15, -0.1) is 0 Å². The molecule has 222 valence electrons. The quantitative estimate of drug-likeness (QED) is 0.527. The van der Waals surface area contributed by atoms with Crippen molar-refractivity contribution in [3.05, 3.63) is 60.2 Å². The van der Waals surface area contributed by atoms with Crippen molar-refractivity contribution in [2.45, 2.75) is 76.0 Å². The molecule has 0 radical (unpaired) electrons. The van der Waals surface area contributed by atoms with Crippen molar-refractivity contribution in [2.24, 2.45) is 11.1 Å². The minimum absolute atomic E-state index is 0.277. The van der Waals surface area contributed by atoms with E-state index in [1.807, 2.05) is 33.8 Å². The summed E-state index contributed by atoms with van der Waals surface area (Å²) in [6.45, 7) is 7.55. The Bertz CT molecular complexity index is 1410. The van der Waals surface area contributed by atoms with Gasteiger partial charge in [0.2, 0.25) is 6.10 Å². The molecule has 5 aliphatic heterocycles. The van der Waals surface area contributed by atoms with Crippen LogP contribution in [0.4, 0.5) is 5.69 Å². The van der Waals surface area contributed by atoms with E-state index in [2.05, 4.69) is 5.16 Å². The Labute approximate surface area is 242 Å². The van der Waals surface area contributed by atoms with Crippen LogP contribution in [0.1, 0.15) is 33.3 Å². The summed E-state index contributed by atoms with van der Waals surface area (Å²) in [4.78, 5) is 34.5. The number of anilines is 1. The molecule has 0 unspecified atom stereocenters. The van der Waals surface area contributed by atoms with E-state index in [4.69, 9.17) is 33.3 Å². The lowest BCUT2D eigenvalue weighted by Gasteiger charge is -2.45. The van der Waals surface area contributed by atoms with Crippen LogP contribution in [0.2, 0.25) is 0 Å². The van der Waals surface area contributed by atoms with Crippen molar-refractivity contribution >= 4 is 23.2 Å². The second-order valence-electron chi connectivity index (χ2n) is 11.8. The fraction of sp³-hybridized carbons (Fsp3) is 0.500. The molecule has 0 N–H and O–H groups in total. The van der Waals surface area contributed by atoms with E-state index in [1.165, 1.54) is 10.0 Å². The van der Waals surface area contributed by atoms with Crippen LogP contribution in [0.5, 0.6) is 5.75 Å². The number of amides is 2. The van der Waals surface area contributed by atoms with Crippen molar-refractivity contribution in [1.82, 2.24) is 5.01 Å². The smallest absolute Gasteiger partial charge is 0.291 e. The van der Waals surface area contributed by atoms with Gasteiger partial charge >= 0.3 is 0 Å². The monoisotopic (exact) mass is 579 g/mol. The molecule has 0 aromatic heterocycles. The minimum Gasteiger partial charge on any atom is -0.497 e. The predicted molar refractivity (Wildman–Crippen MR) is 146 cm³/mol. The molecule has 7 atom stereocenters. The van der Waals surface area contributed by atoms with Crippen molar-refractivity contribution in [3.8, 4) is 5.75 Å². The number of carbonyl (C=O) groups is 2. The first-order valence-electron chi connectivity index (χ1n) is 14.0. The molecule has 5 heterocycles. The van der Waals surface area contributed by atoms with Crippen molar-refractivity contribution in [2.75, 3.05) is 18.7 Å². The van der Waals surface area contributed by atoms with E-state index in [-0.39, 0.29) is 6.61 Å². The Kier molecular flexibility index (Phi) is 6.33. The predicted octanol–water partition coefficient (Wildman–Crippen LogP) is 2.60. The van der Waals surface area contributed by atoms with Gasteiger partial charge in [-0.3, -0.25) is 9.59 Å². The first-order chi connectivity index (χ1) is 20.1. The molecule has 12 heteroatoms. The molecule has 0 aliphatic carbocycles. The molecular weight excluding hydrogens is 546 g/mol. The van der Waals surface area contributed by atoms with Crippen LogP contribution in [0, 0.1) is 5.92 Å². The average molecular weight is 580 g/mol. The summed E-state index contributed by atoms with van der Waals surface area (Å²) in [5.74, 6) is -3.00. The zero-order chi connectivity index (χ0) is 29.4. The third kappa shape index (κ3) is 4.36. The molecule has 4 saturated heterocycles. The van der Waals surface area contributed by atoms with E-state index in [9.17, 15) is 9.59 Å². The van der Waals surface area contributed by atoms with E-state index in [0.29, 0.717) is 22.7 Å². The molecule has 5 aliphatic rings. The Morgan fingerprint density at radius 3 is 2.24 bits per heavy atom. The number of carbonyl (C=O) groups excluding carboxylic acids is 2. The van der Waals surface area contributed by atoms with E-state index >= 15 is 0 Å². The summed E-state index contributed by atoms with van der Waals surface area (Å²) in [5, 5.41) is 6.88. The fourth-order valence-corrected chi connectivity index (χ4v) is 6.31. The molecule has 42 heavy (non-hydrogen) atoms. The molecule has 2 amide bonds. The maximum absolute atomic E-state index is 14.6.